The fourth-order valence-electron chi connectivity index (χ4n) is 2.89. The van der Waals surface area contributed by atoms with Crippen LogP contribution in [-0.4, -0.2) is 24.0 Å². The van der Waals surface area contributed by atoms with E-state index in [0.29, 0.717) is 0 Å². The number of hydrogen-bond donors (Lipinski definition) is 3. The van der Waals surface area contributed by atoms with Crippen molar-refractivity contribution in [1.82, 2.24) is 10.6 Å². The Morgan fingerprint density at radius 2 is 1.67 bits per heavy atom. The summed E-state index contributed by atoms with van der Waals surface area (Å²) in [6.45, 7) is 8.23. The molecule has 0 heterocycles. The molecule has 1 aliphatic carbocycles. The molecule has 0 spiro atoms. The molecule has 5 heteroatoms. The average Bonchev–Trinajstić information content (AvgIpc) is 2.99. The molecular weight excluding hydrogens is 302 g/mol. The molecule has 1 atom stereocenters. The normalized spacial score (nSPS) is 16.5. The molecule has 0 saturated heterocycles. The molecule has 0 aromatic heterocycles. The minimum Gasteiger partial charge on any atom is -0.374 e. The van der Waals surface area contributed by atoms with Crippen LogP contribution in [0.3, 0.4) is 0 Å². The lowest BCUT2D eigenvalue weighted by Crippen LogP contribution is -2.48. The second-order valence-corrected chi connectivity index (χ2v) is 7.64. The fraction of sp³-hybridized carbons (Fsp3) is 0.579. The molecule has 1 saturated carbocycles. The second-order valence-electron chi connectivity index (χ2n) is 7.64. The summed E-state index contributed by atoms with van der Waals surface area (Å²) < 4.78 is 0. The summed E-state index contributed by atoms with van der Waals surface area (Å²) in [6.07, 6.45) is 4.27. The molecule has 1 aromatic rings. The summed E-state index contributed by atoms with van der Waals surface area (Å²) in [5.74, 6) is -0.328. The lowest BCUT2D eigenvalue weighted by molar-refractivity contribution is -0.120. The number of rotatable bonds is 4. The maximum Gasteiger partial charge on any atom is 0.321 e. The second kappa shape index (κ2) is 7.69. The van der Waals surface area contributed by atoms with Crippen molar-refractivity contribution in [3.05, 3.63) is 29.8 Å². The maximum absolute atomic E-state index is 12.1. The number of anilines is 1. The van der Waals surface area contributed by atoms with Gasteiger partial charge in [-0.3, -0.25) is 10.1 Å². The molecule has 1 aromatic carbocycles. The van der Waals surface area contributed by atoms with Crippen LogP contribution in [0.15, 0.2) is 24.3 Å². The predicted octanol–water partition coefficient (Wildman–Crippen LogP) is 3.55. The van der Waals surface area contributed by atoms with Crippen molar-refractivity contribution in [2.24, 2.45) is 0 Å². The number of imide groups is 1. The lowest BCUT2D eigenvalue weighted by atomic mass is 9.87. The molecule has 132 valence electrons. The van der Waals surface area contributed by atoms with Crippen LogP contribution in [0.5, 0.6) is 0 Å². The highest BCUT2D eigenvalue weighted by Crippen LogP contribution is 2.23. The van der Waals surface area contributed by atoms with Crippen molar-refractivity contribution in [3.8, 4) is 0 Å². The predicted molar refractivity (Wildman–Crippen MR) is 97.2 cm³/mol. The Balaban J connectivity index is 1.83. The Kier molecular flexibility index (Phi) is 5.86. The quantitative estimate of drug-likeness (QED) is 0.790. The third-order valence-electron chi connectivity index (χ3n) is 4.45. The van der Waals surface area contributed by atoms with E-state index >= 15 is 0 Å². The van der Waals surface area contributed by atoms with Crippen LogP contribution in [0.4, 0.5) is 10.5 Å². The van der Waals surface area contributed by atoms with Gasteiger partial charge in [-0.05, 0) is 42.9 Å². The Labute approximate surface area is 144 Å². The largest absolute Gasteiger partial charge is 0.374 e. The molecule has 0 aliphatic heterocycles. The zero-order chi connectivity index (χ0) is 17.7. The van der Waals surface area contributed by atoms with Gasteiger partial charge in [0.25, 0.3) is 0 Å². The van der Waals surface area contributed by atoms with Crippen molar-refractivity contribution >= 4 is 17.6 Å². The lowest BCUT2D eigenvalue weighted by Gasteiger charge is -2.20. The minimum absolute atomic E-state index is 0.0971. The third kappa shape index (κ3) is 5.25. The van der Waals surface area contributed by atoms with Gasteiger partial charge in [-0.25, -0.2) is 4.79 Å². The first kappa shape index (κ1) is 18.3. The van der Waals surface area contributed by atoms with E-state index in [1.165, 1.54) is 5.56 Å². The number of benzene rings is 1. The van der Waals surface area contributed by atoms with Gasteiger partial charge < -0.3 is 10.6 Å². The summed E-state index contributed by atoms with van der Waals surface area (Å²) in [5.41, 5.74) is 2.20. The van der Waals surface area contributed by atoms with E-state index in [4.69, 9.17) is 0 Å². The number of carbonyl (C=O) groups is 2. The van der Waals surface area contributed by atoms with Crippen molar-refractivity contribution in [3.63, 3.8) is 0 Å². The first-order chi connectivity index (χ1) is 11.3. The van der Waals surface area contributed by atoms with Gasteiger partial charge in [-0.1, -0.05) is 45.7 Å². The van der Waals surface area contributed by atoms with E-state index in [1.54, 1.807) is 6.92 Å². The monoisotopic (exact) mass is 331 g/mol. The molecule has 0 bridgehead atoms. The van der Waals surface area contributed by atoms with E-state index in [9.17, 15) is 9.59 Å². The van der Waals surface area contributed by atoms with Crippen LogP contribution in [0, 0.1) is 0 Å². The SMILES string of the molecule is CC(Nc1ccc(C(C)(C)C)cc1)C(=O)NC(=O)NC1CCCC1. The Bertz CT molecular complexity index is 569. The zero-order valence-corrected chi connectivity index (χ0v) is 15.1. The van der Waals surface area contributed by atoms with Gasteiger partial charge in [0.05, 0.1) is 0 Å². The Morgan fingerprint density at radius 3 is 2.21 bits per heavy atom. The molecule has 1 fully saturated rings. The van der Waals surface area contributed by atoms with Crippen molar-refractivity contribution in [2.45, 2.75) is 70.9 Å². The number of hydrogen-bond acceptors (Lipinski definition) is 3. The van der Waals surface area contributed by atoms with Crippen LogP contribution in [0.1, 0.15) is 58.9 Å². The topological polar surface area (TPSA) is 70.2 Å². The van der Waals surface area contributed by atoms with Gasteiger partial charge in [0, 0.05) is 11.7 Å². The first-order valence-electron chi connectivity index (χ1n) is 8.74. The highest BCUT2D eigenvalue weighted by Gasteiger charge is 2.20. The molecule has 1 aliphatic rings. The molecule has 5 nitrogen and oxygen atoms in total. The van der Waals surface area contributed by atoms with Crippen LogP contribution < -0.4 is 16.0 Å². The number of amides is 3. The summed E-state index contributed by atoms with van der Waals surface area (Å²) in [5, 5.41) is 8.39. The molecular formula is C19H29N3O2. The number of nitrogens with one attached hydrogen (secondary N) is 3. The van der Waals surface area contributed by atoms with E-state index in [-0.39, 0.29) is 17.4 Å². The smallest absolute Gasteiger partial charge is 0.321 e. The highest BCUT2D eigenvalue weighted by molar-refractivity contribution is 5.98. The summed E-state index contributed by atoms with van der Waals surface area (Å²) in [7, 11) is 0. The Hall–Kier alpha value is -2.04. The molecule has 1 unspecified atom stereocenters. The zero-order valence-electron chi connectivity index (χ0n) is 15.1. The number of carbonyl (C=O) groups excluding carboxylic acids is 2. The van der Waals surface area contributed by atoms with Gasteiger partial charge in [0.2, 0.25) is 5.91 Å². The van der Waals surface area contributed by atoms with Gasteiger partial charge in [0.1, 0.15) is 6.04 Å². The van der Waals surface area contributed by atoms with Crippen molar-refractivity contribution < 1.29 is 9.59 Å². The molecule has 3 N–H and O–H groups in total. The summed E-state index contributed by atoms with van der Waals surface area (Å²) in [4.78, 5) is 24.0. The molecule has 24 heavy (non-hydrogen) atoms. The summed E-state index contributed by atoms with van der Waals surface area (Å²) in [6, 6.07) is 7.35. The van der Waals surface area contributed by atoms with Crippen LogP contribution in [0.25, 0.3) is 0 Å². The number of urea groups is 1. The Morgan fingerprint density at radius 1 is 1.08 bits per heavy atom. The standard InChI is InChI=1S/C19H29N3O2/c1-13(17(23)22-18(24)21-15-7-5-6-8-15)20-16-11-9-14(10-12-16)19(2,3)4/h9-13,15,20H,5-8H2,1-4H3,(H2,21,22,23,24). The average molecular weight is 331 g/mol. The fourth-order valence-corrected chi connectivity index (χ4v) is 2.89. The van der Waals surface area contributed by atoms with Crippen LogP contribution in [0.2, 0.25) is 0 Å². The maximum atomic E-state index is 12.1. The molecule has 0 radical (unpaired) electrons. The highest BCUT2D eigenvalue weighted by atomic mass is 16.2. The van der Waals surface area contributed by atoms with E-state index in [1.807, 2.05) is 12.1 Å². The van der Waals surface area contributed by atoms with E-state index in [2.05, 4.69) is 48.9 Å². The van der Waals surface area contributed by atoms with E-state index in [0.717, 1.165) is 31.4 Å². The minimum atomic E-state index is -0.486. The van der Waals surface area contributed by atoms with Gasteiger partial charge in [0.15, 0.2) is 0 Å². The third-order valence-corrected chi connectivity index (χ3v) is 4.45. The van der Waals surface area contributed by atoms with Crippen LogP contribution >= 0.6 is 0 Å². The van der Waals surface area contributed by atoms with Gasteiger partial charge in [-0.2, -0.15) is 0 Å². The van der Waals surface area contributed by atoms with Crippen LogP contribution in [-0.2, 0) is 10.2 Å². The van der Waals surface area contributed by atoms with Crippen molar-refractivity contribution in [2.75, 3.05) is 5.32 Å². The van der Waals surface area contributed by atoms with E-state index < -0.39 is 12.1 Å². The van der Waals surface area contributed by atoms with Gasteiger partial charge >= 0.3 is 6.03 Å². The molecule has 2 rings (SSSR count). The molecule has 3 amide bonds. The van der Waals surface area contributed by atoms with Gasteiger partial charge in [-0.15, -0.1) is 0 Å². The van der Waals surface area contributed by atoms with Crippen molar-refractivity contribution in [1.29, 1.82) is 0 Å². The summed E-state index contributed by atoms with van der Waals surface area (Å²) >= 11 is 0. The first-order valence-corrected chi connectivity index (χ1v) is 8.74.